The van der Waals surface area contributed by atoms with Gasteiger partial charge in [-0.25, -0.2) is 0 Å². The van der Waals surface area contributed by atoms with E-state index in [0.29, 0.717) is 11.3 Å². The van der Waals surface area contributed by atoms with Crippen LogP contribution < -0.4 is 0 Å². The molecule has 19 heavy (non-hydrogen) atoms. The van der Waals surface area contributed by atoms with Gasteiger partial charge in [-0.15, -0.1) is 0 Å². The van der Waals surface area contributed by atoms with Crippen LogP contribution in [-0.4, -0.2) is 9.04 Å². The van der Waals surface area contributed by atoms with Gasteiger partial charge in [0.1, 0.15) is 0 Å². The predicted octanol–water partition coefficient (Wildman–Crippen LogP) is 5.67. The summed E-state index contributed by atoms with van der Waals surface area (Å²) in [6.45, 7) is 11.7. The van der Waals surface area contributed by atoms with E-state index >= 15 is 0 Å². The third-order valence-corrected chi connectivity index (χ3v) is 4.85. The normalized spacial score (nSPS) is 23.7. The van der Waals surface area contributed by atoms with Gasteiger partial charge >= 0.3 is 0 Å². The summed E-state index contributed by atoms with van der Waals surface area (Å²) in [6.07, 6.45) is 13.3. The van der Waals surface area contributed by atoms with Crippen molar-refractivity contribution < 1.29 is 4.43 Å². The van der Waals surface area contributed by atoms with Crippen molar-refractivity contribution in [3.05, 3.63) is 11.8 Å². The predicted molar refractivity (Wildman–Crippen MR) is 87.9 cm³/mol. The summed E-state index contributed by atoms with van der Waals surface area (Å²) in [4.78, 5) is 0. The molecule has 112 valence electrons. The Morgan fingerprint density at radius 2 is 1.58 bits per heavy atom. The first kappa shape index (κ1) is 16.8. The van der Waals surface area contributed by atoms with E-state index in [-0.39, 0.29) is 0 Å². The molecule has 1 atom stereocenters. The molecule has 0 amide bonds. The van der Waals surface area contributed by atoms with Gasteiger partial charge in [0.05, 0.1) is 5.76 Å². The zero-order valence-electron chi connectivity index (χ0n) is 13.8. The van der Waals surface area contributed by atoms with Crippen LogP contribution >= 0.6 is 0 Å². The van der Waals surface area contributed by atoms with E-state index in [1.54, 1.807) is 0 Å². The lowest BCUT2D eigenvalue weighted by atomic mass is 9.77. The number of allylic oxidation sites excluding steroid dienone is 2. The van der Waals surface area contributed by atoms with Gasteiger partial charge in [-0.3, -0.25) is 0 Å². The third kappa shape index (κ3) is 7.19. The highest BCUT2D eigenvalue weighted by Gasteiger charge is 2.23. The maximum Gasteiger partial charge on any atom is 0.229 e. The molecule has 0 fully saturated rings. The zero-order chi connectivity index (χ0) is 14.3. The fourth-order valence-electron chi connectivity index (χ4n) is 2.85. The van der Waals surface area contributed by atoms with Crippen molar-refractivity contribution in [3.63, 3.8) is 0 Å². The van der Waals surface area contributed by atoms with Crippen LogP contribution in [0.25, 0.3) is 0 Å². The van der Waals surface area contributed by atoms with Gasteiger partial charge in [0.15, 0.2) is 0 Å². The minimum absolute atomic E-state index is 0.362. The summed E-state index contributed by atoms with van der Waals surface area (Å²) in [5.41, 5.74) is 0.362. The Bertz CT molecular complexity index is 275. The van der Waals surface area contributed by atoms with Crippen molar-refractivity contribution in [2.45, 2.75) is 85.2 Å². The van der Waals surface area contributed by atoms with Gasteiger partial charge in [0.2, 0.25) is 9.04 Å². The minimum atomic E-state index is -0.965. The van der Waals surface area contributed by atoms with Gasteiger partial charge in [0, 0.05) is 6.42 Å². The summed E-state index contributed by atoms with van der Waals surface area (Å²) >= 11 is 0. The molecular weight excluding hydrogens is 248 g/mol. The van der Waals surface area contributed by atoms with Gasteiger partial charge < -0.3 is 4.43 Å². The molecular formula is C17H34OSi. The molecule has 0 heterocycles. The molecule has 0 N–H and O–H groups in total. The van der Waals surface area contributed by atoms with Crippen molar-refractivity contribution in [2.75, 3.05) is 0 Å². The quantitative estimate of drug-likeness (QED) is 0.593. The Kier molecular flexibility index (Phi) is 7.20. The summed E-state index contributed by atoms with van der Waals surface area (Å²) in [5.74, 6) is 1.98. The van der Waals surface area contributed by atoms with Crippen molar-refractivity contribution in [1.29, 1.82) is 0 Å². The fourth-order valence-corrected chi connectivity index (χ4v) is 3.65. The molecule has 0 aromatic carbocycles. The molecule has 1 nitrogen and oxygen atoms in total. The topological polar surface area (TPSA) is 9.23 Å². The molecule has 1 rings (SSSR count). The molecule has 1 aliphatic carbocycles. The van der Waals surface area contributed by atoms with Gasteiger partial charge in [0.25, 0.3) is 0 Å². The first-order valence-corrected chi connectivity index (χ1v) is 11.0. The smallest absolute Gasteiger partial charge is 0.229 e. The van der Waals surface area contributed by atoms with Crippen molar-refractivity contribution in [1.82, 2.24) is 0 Å². The highest BCUT2D eigenvalue weighted by molar-refractivity contribution is 6.48. The Morgan fingerprint density at radius 1 is 1.00 bits per heavy atom. The van der Waals surface area contributed by atoms with Gasteiger partial charge in [-0.1, -0.05) is 52.9 Å². The van der Waals surface area contributed by atoms with E-state index in [0.717, 1.165) is 6.42 Å². The van der Waals surface area contributed by atoms with Crippen molar-refractivity contribution in [3.8, 4) is 0 Å². The Balaban J connectivity index is 2.80. The lowest BCUT2D eigenvalue weighted by Crippen LogP contribution is -2.20. The van der Waals surface area contributed by atoms with Gasteiger partial charge in [-0.05, 0) is 43.3 Å². The second kappa shape index (κ2) is 8.14. The highest BCUT2D eigenvalue weighted by Crippen LogP contribution is 2.34. The maximum atomic E-state index is 6.19. The van der Waals surface area contributed by atoms with Crippen LogP contribution in [0.3, 0.4) is 0 Å². The summed E-state index contributed by atoms with van der Waals surface area (Å²) < 4.78 is 6.19. The number of hydrogen-bond donors (Lipinski definition) is 0. The van der Waals surface area contributed by atoms with E-state index < -0.39 is 9.04 Å². The Morgan fingerprint density at radius 3 is 2.16 bits per heavy atom. The zero-order valence-corrected chi connectivity index (χ0v) is 15.0. The Hall–Kier alpha value is -0.243. The standard InChI is InChI=1S/C17H34OSi/c1-17(2,3)15-12-10-8-6-7-9-11-13-16(14-15)18-19(4)5/h14-15,19H,6-13H2,1-5H3. The monoisotopic (exact) mass is 282 g/mol. The lowest BCUT2D eigenvalue weighted by Gasteiger charge is -2.29. The average Bonchev–Trinajstić information content (AvgIpc) is 2.32. The molecule has 0 spiro atoms. The second-order valence-corrected chi connectivity index (χ2v) is 9.77. The van der Waals surface area contributed by atoms with Crippen molar-refractivity contribution in [2.24, 2.45) is 11.3 Å². The molecule has 0 aromatic heterocycles. The lowest BCUT2D eigenvalue weighted by molar-refractivity contribution is 0.263. The average molecular weight is 283 g/mol. The molecule has 1 unspecified atom stereocenters. The van der Waals surface area contributed by atoms with Crippen molar-refractivity contribution >= 4 is 9.04 Å². The molecule has 1 aliphatic rings. The minimum Gasteiger partial charge on any atom is -0.550 e. The maximum absolute atomic E-state index is 6.19. The molecule has 0 saturated heterocycles. The molecule has 0 bridgehead atoms. The molecule has 0 aliphatic heterocycles. The van der Waals surface area contributed by atoms with Crippen LogP contribution in [0.1, 0.15) is 72.1 Å². The first-order valence-electron chi connectivity index (χ1n) is 8.27. The van der Waals surface area contributed by atoms with Crippen LogP contribution in [0.2, 0.25) is 13.1 Å². The molecule has 0 saturated carbocycles. The van der Waals surface area contributed by atoms with Gasteiger partial charge in [-0.2, -0.15) is 0 Å². The van der Waals surface area contributed by atoms with Crippen LogP contribution in [0.4, 0.5) is 0 Å². The summed E-state index contributed by atoms with van der Waals surface area (Å²) in [5, 5.41) is 0. The number of hydrogen-bond acceptors (Lipinski definition) is 1. The van der Waals surface area contributed by atoms with Crippen LogP contribution in [0, 0.1) is 11.3 Å². The summed E-state index contributed by atoms with van der Waals surface area (Å²) in [7, 11) is -0.965. The molecule has 0 radical (unpaired) electrons. The molecule has 2 heteroatoms. The van der Waals surface area contributed by atoms with E-state index in [1.165, 1.54) is 50.7 Å². The summed E-state index contributed by atoms with van der Waals surface area (Å²) in [6, 6.07) is 0. The first-order chi connectivity index (χ1) is 8.89. The SMILES string of the molecule is C[SiH](C)OC1=CC(C(C)(C)C)CCCCCCCC1. The van der Waals surface area contributed by atoms with E-state index in [4.69, 9.17) is 4.43 Å². The largest absolute Gasteiger partial charge is 0.550 e. The van der Waals surface area contributed by atoms with Crippen LogP contribution in [0.5, 0.6) is 0 Å². The third-order valence-electron chi connectivity index (χ3n) is 4.07. The molecule has 0 aromatic rings. The van der Waals surface area contributed by atoms with E-state index in [1.807, 2.05) is 0 Å². The van der Waals surface area contributed by atoms with E-state index in [2.05, 4.69) is 39.9 Å². The van der Waals surface area contributed by atoms with E-state index in [9.17, 15) is 0 Å². The fraction of sp³-hybridized carbons (Fsp3) is 0.882. The van der Waals surface area contributed by atoms with Crippen LogP contribution in [-0.2, 0) is 4.43 Å². The Labute approximate surface area is 122 Å². The van der Waals surface area contributed by atoms with Crippen LogP contribution in [0.15, 0.2) is 11.8 Å². The second-order valence-electron chi connectivity index (χ2n) is 7.43. The highest BCUT2D eigenvalue weighted by atomic mass is 28.3. The number of rotatable bonds is 2.